The molecule has 6 heteroatoms. The second-order valence-electron chi connectivity index (χ2n) is 4.24. The third-order valence-electron chi connectivity index (χ3n) is 2.73. The summed E-state index contributed by atoms with van der Waals surface area (Å²) in [6, 6.07) is 8.22. The van der Waals surface area contributed by atoms with Gasteiger partial charge >= 0.3 is 0 Å². The minimum atomic E-state index is -0.590. The summed E-state index contributed by atoms with van der Waals surface area (Å²) in [5, 5.41) is 11.1. The molecule has 5 nitrogen and oxygen atoms in total. The first-order valence-electron chi connectivity index (χ1n) is 5.99. The summed E-state index contributed by atoms with van der Waals surface area (Å²) in [4.78, 5) is 27.3. The maximum atomic E-state index is 13.2. The average Bonchev–Trinajstić information content (AvgIpc) is 2.47. The standard InChI is InChI=1S/C15H10FN3O2/c1-9(20)12-4-3-11(16)6-14(12)19-15(21)13-5-2-10(7-17)8-18-13/h2-6,8H,1H3,(H,19,21). The molecule has 0 bridgehead atoms. The van der Waals surface area contributed by atoms with Crippen molar-refractivity contribution in [2.24, 2.45) is 0 Å². The van der Waals surface area contributed by atoms with Crippen LogP contribution in [0.25, 0.3) is 0 Å². The van der Waals surface area contributed by atoms with E-state index in [1.807, 2.05) is 6.07 Å². The normalized spacial score (nSPS) is 9.76. The van der Waals surface area contributed by atoms with Gasteiger partial charge in [0.05, 0.1) is 11.3 Å². The van der Waals surface area contributed by atoms with Crippen molar-refractivity contribution in [3.05, 3.63) is 59.2 Å². The number of amides is 1. The van der Waals surface area contributed by atoms with Crippen molar-refractivity contribution in [3.8, 4) is 6.07 Å². The van der Waals surface area contributed by atoms with Crippen molar-refractivity contribution in [2.45, 2.75) is 6.92 Å². The molecule has 0 unspecified atom stereocenters. The summed E-state index contributed by atoms with van der Waals surface area (Å²) < 4.78 is 13.2. The zero-order valence-electron chi connectivity index (χ0n) is 11.1. The number of rotatable bonds is 3. The monoisotopic (exact) mass is 283 g/mol. The molecule has 0 saturated carbocycles. The summed E-state index contributed by atoms with van der Waals surface area (Å²) in [6.07, 6.45) is 1.26. The number of carbonyl (C=O) groups excluding carboxylic acids is 2. The van der Waals surface area contributed by atoms with Gasteiger partial charge in [-0.1, -0.05) is 0 Å². The van der Waals surface area contributed by atoms with Crippen LogP contribution in [-0.2, 0) is 0 Å². The van der Waals surface area contributed by atoms with Crippen LogP contribution in [-0.4, -0.2) is 16.7 Å². The second kappa shape index (κ2) is 5.92. The highest BCUT2D eigenvalue weighted by Crippen LogP contribution is 2.18. The number of Topliss-reactive ketones (excluding diaryl/α,β-unsaturated/α-hetero) is 1. The van der Waals surface area contributed by atoms with E-state index in [9.17, 15) is 14.0 Å². The smallest absolute Gasteiger partial charge is 0.274 e. The summed E-state index contributed by atoms with van der Waals surface area (Å²) in [6.45, 7) is 1.32. The van der Waals surface area contributed by atoms with E-state index in [0.717, 1.165) is 12.1 Å². The van der Waals surface area contributed by atoms with Gasteiger partial charge in [-0.2, -0.15) is 5.26 Å². The van der Waals surface area contributed by atoms with Crippen LogP contribution < -0.4 is 5.32 Å². The van der Waals surface area contributed by atoms with E-state index < -0.39 is 11.7 Å². The van der Waals surface area contributed by atoms with Crippen molar-refractivity contribution < 1.29 is 14.0 Å². The fraction of sp³-hybridized carbons (Fsp3) is 0.0667. The summed E-state index contributed by atoms with van der Waals surface area (Å²) in [7, 11) is 0. The van der Waals surface area contributed by atoms with E-state index in [4.69, 9.17) is 5.26 Å². The fourth-order valence-electron chi connectivity index (χ4n) is 1.71. The molecule has 2 aromatic rings. The first-order chi connectivity index (χ1) is 10.0. The van der Waals surface area contributed by atoms with Crippen molar-refractivity contribution in [3.63, 3.8) is 0 Å². The Morgan fingerprint density at radius 1 is 1.29 bits per heavy atom. The number of hydrogen-bond donors (Lipinski definition) is 1. The molecule has 0 spiro atoms. The number of benzene rings is 1. The lowest BCUT2D eigenvalue weighted by Crippen LogP contribution is -2.16. The van der Waals surface area contributed by atoms with E-state index >= 15 is 0 Å². The third kappa shape index (κ3) is 3.28. The molecular formula is C15H10FN3O2. The summed E-state index contributed by atoms with van der Waals surface area (Å²) in [5.41, 5.74) is 0.673. The molecule has 0 fully saturated rings. The Hall–Kier alpha value is -3.07. The molecule has 2 rings (SSSR count). The highest BCUT2D eigenvalue weighted by atomic mass is 19.1. The first-order valence-corrected chi connectivity index (χ1v) is 5.99. The number of nitriles is 1. The lowest BCUT2D eigenvalue weighted by atomic mass is 10.1. The van der Waals surface area contributed by atoms with E-state index in [-0.39, 0.29) is 22.7 Å². The van der Waals surface area contributed by atoms with Crippen molar-refractivity contribution in [1.29, 1.82) is 5.26 Å². The zero-order chi connectivity index (χ0) is 15.4. The van der Waals surface area contributed by atoms with Gasteiger partial charge in [0, 0.05) is 11.8 Å². The molecule has 0 aliphatic carbocycles. The lowest BCUT2D eigenvalue weighted by molar-refractivity contribution is 0.101. The van der Waals surface area contributed by atoms with Crippen LogP contribution >= 0.6 is 0 Å². The molecule has 1 amide bonds. The summed E-state index contributed by atoms with van der Waals surface area (Å²) >= 11 is 0. The van der Waals surface area contributed by atoms with Gasteiger partial charge in [-0.25, -0.2) is 9.37 Å². The Morgan fingerprint density at radius 3 is 2.62 bits per heavy atom. The molecule has 21 heavy (non-hydrogen) atoms. The molecular weight excluding hydrogens is 273 g/mol. The topological polar surface area (TPSA) is 82.9 Å². The van der Waals surface area contributed by atoms with Crippen LogP contribution in [0.5, 0.6) is 0 Å². The minimum absolute atomic E-state index is 0.0627. The van der Waals surface area contributed by atoms with Crippen molar-refractivity contribution in [2.75, 3.05) is 5.32 Å². The van der Waals surface area contributed by atoms with E-state index in [1.165, 1.54) is 31.3 Å². The predicted octanol–water partition coefficient (Wildman–Crippen LogP) is 2.55. The SMILES string of the molecule is CC(=O)c1ccc(F)cc1NC(=O)c1ccc(C#N)cn1. The number of nitrogens with zero attached hydrogens (tertiary/aromatic N) is 2. The quantitative estimate of drug-likeness (QED) is 0.877. The van der Waals surface area contributed by atoms with Crippen LogP contribution in [0, 0.1) is 17.1 Å². The van der Waals surface area contributed by atoms with Gasteiger partial charge in [-0.15, -0.1) is 0 Å². The Labute approximate surface area is 120 Å². The minimum Gasteiger partial charge on any atom is -0.320 e. The van der Waals surface area contributed by atoms with Crippen LogP contribution in [0.15, 0.2) is 36.5 Å². The molecule has 0 aliphatic rings. The Balaban J connectivity index is 2.28. The van der Waals surface area contributed by atoms with Gasteiger partial charge in [0.1, 0.15) is 17.6 Å². The molecule has 104 valence electrons. The highest BCUT2D eigenvalue weighted by molar-refractivity contribution is 6.08. The van der Waals surface area contributed by atoms with Gasteiger partial charge in [0.25, 0.3) is 5.91 Å². The van der Waals surface area contributed by atoms with Gasteiger partial charge in [-0.3, -0.25) is 9.59 Å². The van der Waals surface area contributed by atoms with Gasteiger partial charge in [-0.05, 0) is 37.3 Å². The molecule has 1 aromatic heterocycles. The molecule has 0 saturated heterocycles. The number of aromatic nitrogens is 1. The maximum Gasteiger partial charge on any atom is 0.274 e. The number of carbonyl (C=O) groups is 2. The Morgan fingerprint density at radius 2 is 2.05 bits per heavy atom. The van der Waals surface area contributed by atoms with Crippen LogP contribution in [0.1, 0.15) is 33.3 Å². The average molecular weight is 283 g/mol. The predicted molar refractivity (Wildman–Crippen MR) is 73.3 cm³/mol. The molecule has 0 atom stereocenters. The number of pyridine rings is 1. The molecule has 0 aliphatic heterocycles. The number of hydrogen-bond acceptors (Lipinski definition) is 4. The first kappa shape index (κ1) is 14.3. The van der Waals surface area contributed by atoms with E-state index in [0.29, 0.717) is 5.56 Å². The molecule has 1 heterocycles. The highest BCUT2D eigenvalue weighted by Gasteiger charge is 2.13. The van der Waals surface area contributed by atoms with Crippen LogP contribution in [0.4, 0.5) is 10.1 Å². The number of ketones is 1. The molecule has 0 radical (unpaired) electrons. The molecule has 1 N–H and O–H groups in total. The number of nitrogens with one attached hydrogen (secondary N) is 1. The van der Waals surface area contributed by atoms with Crippen LogP contribution in [0.3, 0.4) is 0 Å². The maximum absolute atomic E-state index is 13.2. The van der Waals surface area contributed by atoms with Crippen LogP contribution in [0.2, 0.25) is 0 Å². The fourth-order valence-corrected chi connectivity index (χ4v) is 1.71. The molecule has 1 aromatic carbocycles. The zero-order valence-corrected chi connectivity index (χ0v) is 11.1. The van der Waals surface area contributed by atoms with E-state index in [2.05, 4.69) is 10.3 Å². The number of halogens is 1. The van der Waals surface area contributed by atoms with Gasteiger partial charge in [0.15, 0.2) is 5.78 Å². The third-order valence-corrected chi connectivity index (χ3v) is 2.73. The Bertz CT molecular complexity index is 749. The second-order valence-corrected chi connectivity index (χ2v) is 4.24. The summed E-state index contributed by atoms with van der Waals surface area (Å²) in [5.74, 6) is -1.45. The van der Waals surface area contributed by atoms with E-state index in [1.54, 1.807) is 0 Å². The van der Waals surface area contributed by atoms with Crippen molar-refractivity contribution >= 4 is 17.4 Å². The van der Waals surface area contributed by atoms with Gasteiger partial charge in [0.2, 0.25) is 0 Å². The Kier molecular flexibility index (Phi) is 4.05. The van der Waals surface area contributed by atoms with Crippen molar-refractivity contribution in [1.82, 2.24) is 4.98 Å². The lowest BCUT2D eigenvalue weighted by Gasteiger charge is -2.09. The van der Waals surface area contributed by atoms with Gasteiger partial charge < -0.3 is 5.32 Å². The number of anilines is 1. The largest absolute Gasteiger partial charge is 0.320 e.